The summed E-state index contributed by atoms with van der Waals surface area (Å²) in [7, 11) is 3.05. The van der Waals surface area contributed by atoms with E-state index in [1.54, 1.807) is 60.1 Å². The summed E-state index contributed by atoms with van der Waals surface area (Å²) >= 11 is 1.32. The standard InChI is InChI=1S/C25H18N2O5S/c1-30-17-10-8-16(9-11-17)24(29)32-20-12-7-15(13-21(20)31-2)14-22-23(28)27-19-6-4-3-5-18(19)26-25(27)33-22/h3-14H,1-2H3/b22-14+. The van der Waals surface area contributed by atoms with Crippen LogP contribution in [0.1, 0.15) is 15.9 Å². The van der Waals surface area contributed by atoms with Crippen molar-refractivity contribution in [2.45, 2.75) is 0 Å². The Morgan fingerprint density at radius 2 is 1.76 bits per heavy atom. The molecule has 0 aliphatic heterocycles. The van der Waals surface area contributed by atoms with Gasteiger partial charge in [0.15, 0.2) is 16.5 Å². The highest BCUT2D eigenvalue weighted by Crippen LogP contribution is 2.29. The Labute approximate surface area is 192 Å². The highest BCUT2D eigenvalue weighted by atomic mass is 32.1. The smallest absolute Gasteiger partial charge is 0.343 e. The van der Waals surface area contributed by atoms with Crippen LogP contribution in [-0.2, 0) is 0 Å². The molecule has 0 radical (unpaired) electrons. The number of aromatic nitrogens is 2. The minimum absolute atomic E-state index is 0.127. The second-order valence-electron chi connectivity index (χ2n) is 7.16. The zero-order valence-corrected chi connectivity index (χ0v) is 18.6. The molecule has 0 bridgehead atoms. The molecule has 33 heavy (non-hydrogen) atoms. The molecule has 0 N–H and O–H groups in total. The molecule has 3 aromatic carbocycles. The summed E-state index contributed by atoms with van der Waals surface area (Å²) in [5.74, 6) is 0.797. The van der Waals surface area contributed by atoms with Crippen LogP contribution in [0.15, 0.2) is 71.5 Å². The van der Waals surface area contributed by atoms with Crippen molar-refractivity contribution in [2.24, 2.45) is 0 Å². The van der Waals surface area contributed by atoms with Gasteiger partial charge in [-0.2, -0.15) is 0 Å². The van der Waals surface area contributed by atoms with E-state index in [1.165, 1.54) is 18.4 Å². The van der Waals surface area contributed by atoms with Crippen molar-refractivity contribution < 1.29 is 19.0 Å². The van der Waals surface area contributed by atoms with E-state index < -0.39 is 5.97 Å². The number of esters is 1. The van der Waals surface area contributed by atoms with Crippen molar-refractivity contribution in [2.75, 3.05) is 14.2 Å². The van der Waals surface area contributed by atoms with Gasteiger partial charge in [-0.15, -0.1) is 0 Å². The minimum atomic E-state index is -0.513. The number of carbonyl (C=O) groups excluding carboxylic acids is 1. The van der Waals surface area contributed by atoms with Crippen LogP contribution in [0.3, 0.4) is 0 Å². The maximum atomic E-state index is 13.0. The fourth-order valence-electron chi connectivity index (χ4n) is 3.51. The van der Waals surface area contributed by atoms with Gasteiger partial charge in [-0.25, -0.2) is 14.2 Å². The molecule has 8 heteroatoms. The van der Waals surface area contributed by atoms with Crippen molar-refractivity contribution in [1.29, 1.82) is 0 Å². The van der Waals surface area contributed by atoms with Crippen LogP contribution >= 0.6 is 11.3 Å². The zero-order valence-electron chi connectivity index (χ0n) is 17.8. The first-order chi connectivity index (χ1) is 16.1. The largest absolute Gasteiger partial charge is 0.497 e. The van der Waals surface area contributed by atoms with Crippen LogP contribution in [0, 0.1) is 0 Å². The van der Waals surface area contributed by atoms with Crippen LogP contribution in [0.5, 0.6) is 17.2 Å². The molecule has 5 rings (SSSR count). The molecular weight excluding hydrogens is 440 g/mol. The maximum absolute atomic E-state index is 13.0. The third-order valence-corrected chi connectivity index (χ3v) is 6.13. The number of benzene rings is 3. The fourth-order valence-corrected chi connectivity index (χ4v) is 4.49. The average molecular weight is 458 g/mol. The maximum Gasteiger partial charge on any atom is 0.343 e. The van der Waals surface area contributed by atoms with Crippen molar-refractivity contribution in [3.8, 4) is 17.2 Å². The molecule has 0 saturated heterocycles. The Morgan fingerprint density at radius 3 is 2.52 bits per heavy atom. The molecule has 5 aromatic rings. The highest BCUT2D eigenvalue weighted by Gasteiger charge is 2.14. The summed E-state index contributed by atoms with van der Waals surface area (Å²) in [6.45, 7) is 0. The van der Waals surface area contributed by atoms with Crippen molar-refractivity contribution >= 4 is 39.4 Å². The van der Waals surface area contributed by atoms with E-state index in [9.17, 15) is 9.59 Å². The van der Waals surface area contributed by atoms with E-state index in [0.717, 1.165) is 16.6 Å². The van der Waals surface area contributed by atoms with E-state index in [-0.39, 0.29) is 11.3 Å². The van der Waals surface area contributed by atoms with Crippen LogP contribution in [0.2, 0.25) is 0 Å². The van der Waals surface area contributed by atoms with Crippen LogP contribution in [-0.4, -0.2) is 29.6 Å². The average Bonchev–Trinajstić information content (AvgIpc) is 3.35. The Balaban J connectivity index is 1.47. The number of carbonyl (C=O) groups is 1. The molecule has 2 aromatic heterocycles. The van der Waals surface area contributed by atoms with Gasteiger partial charge in [0.25, 0.3) is 5.56 Å². The number of imidazole rings is 1. The summed E-state index contributed by atoms with van der Waals surface area (Å²) in [6.07, 6.45) is 1.77. The molecule has 164 valence electrons. The predicted molar refractivity (Wildman–Crippen MR) is 127 cm³/mol. The lowest BCUT2D eigenvalue weighted by Crippen LogP contribution is -2.22. The van der Waals surface area contributed by atoms with Crippen LogP contribution in [0.4, 0.5) is 0 Å². The first-order valence-electron chi connectivity index (χ1n) is 10.0. The first-order valence-corrected chi connectivity index (χ1v) is 10.8. The van der Waals surface area contributed by atoms with Crippen molar-refractivity contribution in [3.63, 3.8) is 0 Å². The highest BCUT2D eigenvalue weighted by molar-refractivity contribution is 7.15. The van der Waals surface area contributed by atoms with E-state index >= 15 is 0 Å². The number of para-hydroxylation sites is 2. The lowest BCUT2D eigenvalue weighted by atomic mass is 10.2. The SMILES string of the molecule is COc1ccc(C(=O)Oc2ccc(/C=c3/sc4nc5ccccc5n4c3=O)cc2OC)cc1. The van der Waals surface area contributed by atoms with Crippen LogP contribution in [0.25, 0.3) is 22.1 Å². The molecule has 2 heterocycles. The molecule has 0 unspecified atom stereocenters. The van der Waals surface area contributed by atoms with Crippen LogP contribution < -0.4 is 24.3 Å². The number of rotatable bonds is 5. The quantitative estimate of drug-likeness (QED) is 0.295. The molecule has 0 saturated carbocycles. The zero-order chi connectivity index (χ0) is 22.9. The number of fused-ring (bicyclic) bond motifs is 3. The predicted octanol–water partition coefficient (Wildman–Crippen LogP) is 3.69. The minimum Gasteiger partial charge on any atom is -0.497 e. The second-order valence-corrected chi connectivity index (χ2v) is 8.17. The number of thiazole rings is 1. The lowest BCUT2D eigenvalue weighted by Gasteiger charge is -2.10. The number of ether oxygens (including phenoxy) is 3. The molecule has 7 nitrogen and oxygen atoms in total. The number of hydrogen-bond donors (Lipinski definition) is 0. The normalized spacial score (nSPS) is 11.8. The second kappa shape index (κ2) is 8.40. The van der Waals surface area contributed by atoms with E-state index in [1.807, 2.05) is 24.3 Å². The Hall–Kier alpha value is -4.17. The van der Waals surface area contributed by atoms with Gasteiger partial charge in [0, 0.05) is 0 Å². The Bertz CT molecular complexity index is 1600. The van der Waals surface area contributed by atoms with Gasteiger partial charge in [-0.1, -0.05) is 29.5 Å². The molecule has 0 aliphatic carbocycles. The summed E-state index contributed by atoms with van der Waals surface area (Å²) < 4.78 is 18.2. The summed E-state index contributed by atoms with van der Waals surface area (Å²) in [5.41, 5.74) is 2.57. The third-order valence-electron chi connectivity index (χ3n) is 5.16. The Morgan fingerprint density at radius 1 is 0.970 bits per heavy atom. The molecule has 0 spiro atoms. The summed E-state index contributed by atoms with van der Waals surface area (Å²) in [6, 6.07) is 19.3. The summed E-state index contributed by atoms with van der Waals surface area (Å²) in [5, 5.41) is 0. The first kappa shape index (κ1) is 20.7. The molecule has 0 amide bonds. The van der Waals surface area contributed by atoms with Crippen molar-refractivity contribution in [1.82, 2.24) is 9.38 Å². The monoisotopic (exact) mass is 458 g/mol. The van der Waals surface area contributed by atoms with Gasteiger partial charge >= 0.3 is 5.97 Å². The fraction of sp³-hybridized carbons (Fsp3) is 0.0800. The molecular formula is C25H18N2O5S. The van der Waals surface area contributed by atoms with Gasteiger partial charge < -0.3 is 14.2 Å². The van der Waals surface area contributed by atoms with Crippen molar-refractivity contribution in [3.05, 3.63) is 92.7 Å². The Kier molecular flexibility index (Phi) is 5.27. The summed E-state index contributed by atoms with van der Waals surface area (Å²) in [4.78, 5) is 30.6. The van der Waals surface area contributed by atoms with Gasteiger partial charge in [-0.05, 0) is 60.2 Å². The number of nitrogens with zero attached hydrogens (tertiary/aromatic N) is 2. The topological polar surface area (TPSA) is 79.1 Å². The molecule has 0 atom stereocenters. The van der Waals surface area contributed by atoms with Gasteiger partial charge in [0.1, 0.15) is 5.75 Å². The van der Waals surface area contributed by atoms with E-state index in [2.05, 4.69) is 4.98 Å². The number of methoxy groups -OCH3 is 2. The van der Waals surface area contributed by atoms with Gasteiger partial charge in [-0.3, -0.25) is 4.79 Å². The molecule has 0 fully saturated rings. The van der Waals surface area contributed by atoms with Gasteiger partial charge in [0.2, 0.25) is 0 Å². The molecule has 0 aliphatic rings. The lowest BCUT2D eigenvalue weighted by molar-refractivity contribution is 0.0729. The number of hydrogen-bond acceptors (Lipinski definition) is 7. The van der Waals surface area contributed by atoms with Gasteiger partial charge in [0.05, 0.1) is 35.3 Å². The van der Waals surface area contributed by atoms with E-state index in [4.69, 9.17) is 14.2 Å². The third kappa shape index (κ3) is 3.81. The van der Waals surface area contributed by atoms with E-state index in [0.29, 0.717) is 26.6 Å².